The molecule has 5 rings (SSSR count). The van der Waals surface area contributed by atoms with Crippen LogP contribution in [0.5, 0.6) is 0 Å². The summed E-state index contributed by atoms with van der Waals surface area (Å²) in [5, 5.41) is 2.99. The Bertz CT molecular complexity index is 1140. The van der Waals surface area contributed by atoms with Crippen LogP contribution in [-0.4, -0.2) is 37.6 Å². The number of carbonyl (C=O) groups excluding carboxylic acids is 3. The summed E-state index contributed by atoms with van der Waals surface area (Å²) >= 11 is 0. The van der Waals surface area contributed by atoms with Crippen molar-refractivity contribution in [2.75, 3.05) is 13.7 Å². The molecule has 6 heteroatoms. The molecule has 0 aliphatic heterocycles. The Labute approximate surface area is 248 Å². The van der Waals surface area contributed by atoms with E-state index in [4.69, 9.17) is 9.47 Å². The normalized spacial score (nSPS) is 44.1. The maximum absolute atomic E-state index is 14.0. The number of fused-ring (bicyclic) bond motifs is 7. The van der Waals surface area contributed by atoms with Crippen molar-refractivity contribution in [1.82, 2.24) is 5.32 Å². The van der Waals surface area contributed by atoms with Gasteiger partial charge in [-0.3, -0.25) is 14.4 Å². The molecule has 0 bridgehead atoms. The number of rotatable bonds is 4. The molecule has 4 fully saturated rings. The summed E-state index contributed by atoms with van der Waals surface area (Å²) < 4.78 is 10.7. The summed E-state index contributed by atoms with van der Waals surface area (Å²) in [6.07, 6.45) is 12.7. The third-order valence-corrected chi connectivity index (χ3v) is 14.0. The Hall–Kier alpha value is -1.85. The molecule has 1 N–H and O–H groups in total. The highest BCUT2D eigenvalue weighted by Gasteiger charge is 2.69. The molecule has 230 valence electrons. The number of amides is 1. The number of nitrogens with one attached hydrogen (secondary N) is 1. The lowest BCUT2D eigenvalue weighted by Crippen LogP contribution is -2.65. The van der Waals surface area contributed by atoms with Crippen molar-refractivity contribution < 1.29 is 23.9 Å². The van der Waals surface area contributed by atoms with Gasteiger partial charge in [0.1, 0.15) is 12.6 Å². The van der Waals surface area contributed by atoms with Crippen LogP contribution < -0.4 is 5.32 Å². The third-order valence-electron chi connectivity index (χ3n) is 14.0. The lowest BCUT2D eigenvalue weighted by Gasteiger charge is -2.71. The van der Waals surface area contributed by atoms with E-state index in [0.29, 0.717) is 11.8 Å². The molecule has 5 aliphatic rings. The van der Waals surface area contributed by atoms with Gasteiger partial charge in [0, 0.05) is 12.3 Å². The van der Waals surface area contributed by atoms with E-state index in [2.05, 4.69) is 59.9 Å². The topological polar surface area (TPSA) is 81.7 Å². The maximum Gasteiger partial charge on any atom is 0.325 e. The van der Waals surface area contributed by atoms with Crippen LogP contribution in [0.15, 0.2) is 11.6 Å². The monoisotopic (exact) mass is 569 g/mol. The van der Waals surface area contributed by atoms with Crippen LogP contribution in [0.25, 0.3) is 0 Å². The fraction of sp³-hybridized carbons (Fsp3) is 0.857. The van der Waals surface area contributed by atoms with Crippen molar-refractivity contribution in [1.29, 1.82) is 0 Å². The molecule has 4 saturated carbocycles. The Kier molecular flexibility index (Phi) is 7.34. The summed E-state index contributed by atoms with van der Waals surface area (Å²) in [5.74, 6) is 0.734. The Morgan fingerprint density at radius 2 is 1.59 bits per heavy atom. The average molecular weight is 570 g/mol. The first-order valence-electron chi connectivity index (χ1n) is 16.2. The highest BCUT2D eigenvalue weighted by molar-refractivity contribution is 5.87. The van der Waals surface area contributed by atoms with Gasteiger partial charge in [-0.2, -0.15) is 0 Å². The number of ether oxygens (including phenoxy) is 2. The van der Waals surface area contributed by atoms with E-state index in [1.165, 1.54) is 19.1 Å². The average Bonchev–Trinajstić information content (AvgIpc) is 2.88. The first-order chi connectivity index (χ1) is 19.0. The van der Waals surface area contributed by atoms with E-state index in [-0.39, 0.29) is 57.5 Å². The summed E-state index contributed by atoms with van der Waals surface area (Å²) in [4.78, 5) is 37.9. The van der Waals surface area contributed by atoms with Gasteiger partial charge < -0.3 is 14.8 Å². The van der Waals surface area contributed by atoms with Gasteiger partial charge in [0.2, 0.25) is 5.91 Å². The third kappa shape index (κ3) is 4.42. The second-order valence-corrected chi connectivity index (χ2v) is 16.6. The number of esters is 2. The largest absolute Gasteiger partial charge is 0.468 e. The fourth-order valence-corrected chi connectivity index (χ4v) is 11.4. The smallest absolute Gasteiger partial charge is 0.325 e. The highest BCUT2D eigenvalue weighted by atomic mass is 16.5. The second kappa shape index (κ2) is 9.84. The van der Waals surface area contributed by atoms with Gasteiger partial charge in [0.25, 0.3) is 0 Å². The molecule has 41 heavy (non-hydrogen) atoms. The minimum absolute atomic E-state index is 0.0176. The van der Waals surface area contributed by atoms with E-state index in [9.17, 15) is 14.4 Å². The minimum Gasteiger partial charge on any atom is -0.468 e. The van der Waals surface area contributed by atoms with Gasteiger partial charge in [0.05, 0.1) is 12.5 Å². The Morgan fingerprint density at radius 1 is 0.902 bits per heavy atom. The zero-order valence-electron chi connectivity index (χ0n) is 27.2. The van der Waals surface area contributed by atoms with Gasteiger partial charge in [-0.25, -0.2) is 0 Å². The summed E-state index contributed by atoms with van der Waals surface area (Å²) in [7, 11) is 1.37. The number of carbonyl (C=O) groups is 3. The van der Waals surface area contributed by atoms with Gasteiger partial charge >= 0.3 is 11.9 Å². The molecule has 8 atom stereocenters. The lowest BCUT2D eigenvalue weighted by atomic mass is 9.33. The van der Waals surface area contributed by atoms with E-state index >= 15 is 0 Å². The van der Waals surface area contributed by atoms with Crippen molar-refractivity contribution in [3.05, 3.63) is 11.6 Å². The first-order valence-corrected chi connectivity index (χ1v) is 16.2. The Morgan fingerprint density at radius 3 is 2.24 bits per heavy atom. The van der Waals surface area contributed by atoms with Crippen molar-refractivity contribution in [3.8, 4) is 0 Å². The molecule has 6 nitrogen and oxygen atoms in total. The predicted molar refractivity (Wildman–Crippen MR) is 160 cm³/mol. The maximum atomic E-state index is 14.0. The van der Waals surface area contributed by atoms with Crippen LogP contribution in [-0.2, 0) is 23.9 Å². The molecule has 0 aromatic heterocycles. The summed E-state index contributed by atoms with van der Waals surface area (Å²) in [5.41, 5.74) is 1.54. The molecule has 5 aliphatic carbocycles. The molecule has 1 amide bonds. The predicted octanol–water partition coefficient (Wildman–Crippen LogP) is 7.01. The van der Waals surface area contributed by atoms with Gasteiger partial charge in [-0.1, -0.05) is 60.1 Å². The van der Waals surface area contributed by atoms with Crippen molar-refractivity contribution in [2.45, 2.75) is 126 Å². The second-order valence-electron chi connectivity index (χ2n) is 16.6. The van der Waals surface area contributed by atoms with Gasteiger partial charge in [-0.15, -0.1) is 0 Å². The number of allylic oxidation sites excluding steroid dienone is 2. The van der Waals surface area contributed by atoms with E-state index in [0.717, 1.165) is 57.8 Å². The molecule has 0 saturated heterocycles. The van der Waals surface area contributed by atoms with Crippen LogP contribution >= 0.6 is 0 Å². The summed E-state index contributed by atoms with van der Waals surface area (Å²) in [6.45, 7) is 18.5. The molecule has 2 unspecified atom stereocenters. The highest BCUT2D eigenvalue weighted by Crippen LogP contribution is 2.75. The molecular weight excluding hydrogens is 514 g/mol. The minimum atomic E-state index is -0.455. The Balaban J connectivity index is 1.52. The zero-order chi connectivity index (χ0) is 30.2. The van der Waals surface area contributed by atoms with Crippen molar-refractivity contribution in [3.63, 3.8) is 0 Å². The fourth-order valence-electron chi connectivity index (χ4n) is 11.4. The molecule has 0 radical (unpaired) electrons. The van der Waals surface area contributed by atoms with Crippen LogP contribution in [0.2, 0.25) is 0 Å². The SMILES string of the molecule is COC(=O)CNC(=O)[C@]12CCC(C)(C)C[C@@H]1C1=CCC3[C@@]4(C)CC[C@H](OC(C)=O)C(C)(C)C4CC[C@@]3(C)[C@]1(C)CC2. The number of methoxy groups -OCH3 is 1. The number of hydrogen-bond donors (Lipinski definition) is 1. The molecule has 0 aromatic rings. The standard InChI is InChI=1S/C35H55NO5/c1-22(37)41-27-13-14-32(6)25(31(27,4)5)12-15-34(8)26(32)11-10-23-24-20-30(2,3)16-18-35(24,19-17-33(23,34)7)29(39)36-21-28(38)40-9/h10,24-27H,11-21H2,1-9H3,(H,36,39)/t24-,25?,26?,27+,32+,33-,34-,35+/m1/s1. The van der Waals surface area contributed by atoms with Gasteiger partial charge in [0.15, 0.2) is 0 Å². The molecule has 0 aromatic carbocycles. The van der Waals surface area contributed by atoms with Crippen LogP contribution in [0, 0.1) is 50.2 Å². The molecule has 0 heterocycles. The number of hydrogen-bond acceptors (Lipinski definition) is 5. The van der Waals surface area contributed by atoms with Crippen LogP contribution in [0.3, 0.4) is 0 Å². The van der Waals surface area contributed by atoms with Crippen LogP contribution in [0.1, 0.15) is 120 Å². The quantitative estimate of drug-likeness (QED) is 0.291. The summed E-state index contributed by atoms with van der Waals surface area (Å²) in [6, 6.07) is 0. The molecule has 0 spiro atoms. The first kappa shape index (κ1) is 30.6. The van der Waals surface area contributed by atoms with Crippen molar-refractivity contribution in [2.24, 2.45) is 50.2 Å². The van der Waals surface area contributed by atoms with Crippen LogP contribution in [0.4, 0.5) is 0 Å². The van der Waals surface area contributed by atoms with E-state index in [1.807, 2.05) is 0 Å². The van der Waals surface area contributed by atoms with E-state index < -0.39 is 11.4 Å². The van der Waals surface area contributed by atoms with Gasteiger partial charge in [-0.05, 0) is 104 Å². The zero-order valence-corrected chi connectivity index (χ0v) is 27.2. The van der Waals surface area contributed by atoms with Crippen molar-refractivity contribution >= 4 is 17.8 Å². The molecular formula is C35H55NO5. The lowest BCUT2D eigenvalue weighted by molar-refractivity contribution is -0.212. The van der Waals surface area contributed by atoms with E-state index in [1.54, 1.807) is 6.92 Å².